The lowest BCUT2D eigenvalue weighted by atomic mass is 10.1. The molecule has 0 aliphatic heterocycles. The van der Waals surface area contributed by atoms with Gasteiger partial charge in [0.05, 0.1) is 0 Å². The molecule has 0 amide bonds. The second-order valence-electron chi connectivity index (χ2n) is 18.8. The van der Waals surface area contributed by atoms with E-state index in [1.807, 2.05) is 0 Å². The van der Waals surface area contributed by atoms with Gasteiger partial charge in [0.1, 0.15) is 13.2 Å². The van der Waals surface area contributed by atoms with E-state index in [2.05, 4.69) is 142 Å². The van der Waals surface area contributed by atoms with Gasteiger partial charge in [-0.25, -0.2) is 0 Å². The largest absolute Gasteiger partial charge is 0.462 e. The zero-order chi connectivity index (χ0) is 51.4. The highest BCUT2D eigenvalue weighted by Gasteiger charge is 2.19. The number of hydrogen-bond donors (Lipinski definition) is 0. The molecule has 0 bridgehead atoms. The van der Waals surface area contributed by atoms with Crippen molar-refractivity contribution in [2.24, 2.45) is 0 Å². The molecule has 0 aliphatic rings. The quantitative estimate of drug-likeness (QED) is 0.0261. The summed E-state index contributed by atoms with van der Waals surface area (Å²) in [6.45, 7) is 6.40. The summed E-state index contributed by atoms with van der Waals surface area (Å²) in [6, 6.07) is 0. The molecule has 402 valence electrons. The molecule has 0 aromatic rings. The van der Waals surface area contributed by atoms with Crippen LogP contribution in [0.4, 0.5) is 0 Å². The topological polar surface area (TPSA) is 78.9 Å². The Balaban J connectivity index is 4.56. The predicted molar refractivity (Wildman–Crippen MR) is 306 cm³/mol. The van der Waals surface area contributed by atoms with E-state index in [9.17, 15) is 14.4 Å². The molecule has 0 aromatic heterocycles. The third-order valence-electron chi connectivity index (χ3n) is 11.9. The molecule has 0 fully saturated rings. The van der Waals surface area contributed by atoms with Gasteiger partial charge in [-0.15, -0.1) is 0 Å². The first-order valence-electron chi connectivity index (χ1n) is 29.0. The number of ether oxygens (including phenoxy) is 3. The highest BCUT2D eigenvalue weighted by atomic mass is 16.6. The van der Waals surface area contributed by atoms with E-state index in [1.165, 1.54) is 116 Å². The third-order valence-corrected chi connectivity index (χ3v) is 11.9. The van der Waals surface area contributed by atoms with Crippen LogP contribution in [0.3, 0.4) is 0 Å². The van der Waals surface area contributed by atoms with Crippen molar-refractivity contribution in [2.45, 2.75) is 258 Å². The minimum atomic E-state index is -0.828. The van der Waals surface area contributed by atoms with Gasteiger partial charge in [-0.1, -0.05) is 232 Å². The Morgan fingerprint density at radius 1 is 0.296 bits per heavy atom. The van der Waals surface area contributed by atoms with Crippen molar-refractivity contribution >= 4 is 17.9 Å². The summed E-state index contributed by atoms with van der Waals surface area (Å²) in [5, 5.41) is 0. The van der Waals surface area contributed by atoms with Crippen molar-refractivity contribution in [3.63, 3.8) is 0 Å². The molecule has 0 rings (SSSR count). The van der Waals surface area contributed by atoms with E-state index in [0.29, 0.717) is 19.3 Å². The highest BCUT2D eigenvalue weighted by molar-refractivity contribution is 5.71. The standard InChI is InChI=1S/C65H106O6/c1-4-7-10-13-16-19-22-25-28-31-32-35-38-41-44-47-50-53-56-59-65(68)71-62(60-69-63(66)57-54-51-48-45-42-39-36-33-29-26-23-20-17-14-11-8-5-2)61-70-64(67)58-55-52-49-46-43-40-37-34-30-27-24-21-18-15-12-9-6-3/h8,11,16-17,19-20,25-30,36-37,39-40,45-46,48-49,62H,4-7,9-10,12-15,18,21-24,31-35,38,41-44,47,50-61H2,1-3H3/b11-8-,19-16-,20-17-,28-25-,29-26-,30-27-,39-36-,40-37-,48-45-,49-46-/t62-/m1/s1. The minimum Gasteiger partial charge on any atom is -0.462 e. The zero-order valence-electron chi connectivity index (χ0n) is 45.9. The van der Waals surface area contributed by atoms with Gasteiger partial charge in [0, 0.05) is 19.3 Å². The molecule has 71 heavy (non-hydrogen) atoms. The summed E-state index contributed by atoms with van der Waals surface area (Å²) in [4.78, 5) is 38.2. The summed E-state index contributed by atoms with van der Waals surface area (Å²) < 4.78 is 16.8. The fourth-order valence-electron chi connectivity index (χ4n) is 7.58. The summed E-state index contributed by atoms with van der Waals surface area (Å²) in [6.07, 6.45) is 80.5. The van der Waals surface area contributed by atoms with Crippen LogP contribution in [0.5, 0.6) is 0 Å². The van der Waals surface area contributed by atoms with E-state index in [4.69, 9.17) is 14.2 Å². The molecule has 0 saturated carbocycles. The van der Waals surface area contributed by atoms with Crippen molar-refractivity contribution in [3.8, 4) is 0 Å². The lowest BCUT2D eigenvalue weighted by Gasteiger charge is -2.18. The van der Waals surface area contributed by atoms with Crippen LogP contribution >= 0.6 is 0 Å². The van der Waals surface area contributed by atoms with Gasteiger partial charge >= 0.3 is 17.9 Å². The summed E-state index contributed by atoms with van der Waals surface area (Å²) >= 11 is 0. The molecule has 0 heterocycles. The molecule has 0 spiro atoms. The lowest BCUT2D eigenvalue weighted by Crippen LogP contribution is -2.30. The van der Waals surface area contributed by atoms with E-state index in [1.54, 1.807) is 0 Å². The van der Waals surface area contributed by atoms with Gasteiger partial charge in [-0.05, 0) is 122 Å². The van der Waals surface area contributed by atoms with Crippen molar-refractivity contribution in [2.75, 3.05) is 13.2 Å². The summed E-state index contributed by atoms with van der Waals surface area (Å²) in [7, 11) is 0. The summed E-state index contributed by atoms with van der Waals surface area (Å²) in [5.74, 6) is -1.04. The normalized spacial score (nSPS) is 13.0. The fourth-order valence-corrected chi connectivity index (χ4v) is 7.58. The molecular weight excluding hydrogens is 877 g/mol. The van der Waals surface area contributed by atoms with E-state index in [0.717, 1.165) is 83.5 Å². The summed E-state index contributed by atoms with van der Waals surface area (Å²) in [5.41, 5.74) is 0. The van der Waals surface area contributed by atoms with Gasteiger partial charge in [0.2, 0.25) is 0 Å². The Morgan fingerprint density at radius 2 is 0.563 bits per heavy atom. The van der Waals surface area contributed by atoms with Gasteiger partial charge in [0.15, 0.2) is 6.10 Å². The van der Waals surface area contributed by atoms with Crippen molar-refractivity contribution in [3.05, 3.63) is 122 Å². The van der Waals surface area contributed by atoms with Crippen LogP contribution in [0, 0.1) is 0 Å². The van der Waals surface area contributed by atoms with Crippen LogP contribution in [0.15, 0.2) is 122 Å². The maximum Gasteiger partial charge on any atom is 0.306 e. The van der Waals surface area contributed by atoms with E-state index in [-0.39, 0.29) is 44.0 Å². The molecule has 0 aliphatic carbocycles. The number of esters is 3. The Kier molecular flexibility index (Phi) is 54.9. The van der Waals surface area contributed by atoms with Crippen LogP contribution in [0.2, 0.25) is 0 Å². The fraction of sp³-hybridized carbons (Fsp3) is 0.646. The van der Waals surface area contributed by atoms with Crippen molar-refractivity contribution in [1.29, 1.82) is 0 Å². The molecule has 0 aromatic carbocycles. The van der Waals surface area contributed by atoms with Crippen LogP contribution < -0.4 is 0 Å². The first kappa shape index (κ1) is 66.8. The van der Waals surface area contributed by atoms with Crippen molar-refractivity contribution < 1.29 is 28.6 Å². The highest BCUT2D eigenvalue weighted by Crippen LogP contribution is 2.14. The molecule has 6 nitrogen and oxygen atoms in total. The monoisotopic (exact) mass is 983 g/mol. The van der Waals surface area contributed by atoms with Gasteiger partial charge in [-0.3, -0.25) is 14.4 Å². The van der Waals surface area contributed by atoms with E-state index < -0.39 is 6.10 Å². The van der Waals surface area contributed by atoms with Crippen LogP contribution in [0.25, 0.3) is 0 Å². The average molecular weight is 984 g/mol. The number of allylic oxidation sites excluding steroid dienone is 20. The molecule has 1 atom stereocenters. The van der Waals surface area contributed by atoms with Crippen LogP contribution in [0.1, 0.15) is 252 Å². The Morgan fingerprint density at radius 3 is 0.930 bits per heavy atom. The second kappa shape index (κ2) is 58.4. The van der Waals surface area contributed by atoms with Crippen LogP contribution in [-0.2, 0) is 28.6 Å². The lowest BCUT2D eigenvalue weighted by molar-refractivity contribution is -0.167. The maximum absolute atomic E-state index is 12.9. The number of unbranched alkanes of at least 4 members (excludes halogenated alkanes) is 20. The Bertz CT molecular complexity index is 1500. The van der Waals surface area contributed by atoms with Crippen molar-refractivity contribution in [1.82, 2.24) is 0 Å². The number of hydrogen-bond acceptors (Lipinski definition) is 6. The smallest absolute Gasteiger partial charge is 0.306 e. The molecular formula is C65H106O6. The Hall–Kier alpha value is -4.19. The third kappa shape index (κ3) is 56.6. The van der Waals surface area contributed by atoms with E-state index >= 15 is 0 Å². The molecule has 0 N–H and O–H groups in total. The molecule has 0 saturated heterocycles. The van der Waals surface area contributed by atoms with Gasteiger partial charge in [0.25, 0.3) is 0 Å². The van der Waals surface area contributed by atoms with Gasteiger partial charge < -0.3 is 14.2 Å². The number of rotatable bonds is 51. The molecule has 0 unspecified atom stereocenters. The molecule has 6 heteroatoms. The molecule has 0 radical (unpaired) electrons. The predicted octanol–water partition coefficient (Wildman–Crippen LogP) is 19.6. The van der Waals surface area contributed by atoms with Gasteiger partial charge in [-0.2, -0.15) is 0 Å². The maximum atomic E-state index is 12.9. The number of carbonyl (C=O) groups excluding carboxylic acids is 3. The first-order chi connectivity index (χ1) is 35.0. The number of carbonyl (C=O) groups is 3. The second-order valence-corrected chi connectivity index (χ2v) is 18.8. The minimum absolute atomic E-state index is 0.126. The zero-order valence-corrected chi connectivity index (χ0v) is 45.9. The van der Waals surface area contributed by atoms with Crippen LogP contribution in [-0.4, -0.2) is 37.2 Å². The Labute approximate surface area is 437 Å². The SMILES string of the molecule is CC/C=C\C/C=C\C/C=C\C/C=C\C/C=C\CCCC(=O)OC[C@H](COC(=O)CCC/C=C\C/C=C\C/C=C\CCCCCCCC)OC(=O)CCCCCCCCCCC/C=C\C/C=C\CCCCC. The first-order valence-corrected chi connectivity index (χ1v) is 29.0. The average Bonchev–Trinajstić information content (AvgIpc) is 3.37.